The zero-order valence-electron chi connectivity index (χ0n) is 14.4. The van der Waals surface area contributed by atoms with Crippen LogP contribution in [0.5, 0.6) is 0 Å². The molecule has 2 atom stereocenters. The molecule has 128 valence electrons. The molecule has 4 heteroatoms. The lowest BCUT2D eigenvalue weighted by Crippen LogP contribution is -2.35. The van der Waals surface area contributed by atoms with Crippen molar-refractivity contribution in [2.45, 2.75) is 49.8 Å². The molecule has 0 aliphatic rings. The second-order valence-corrected chi connectivity index (χ2v) is 7.56. The van der Waals surface area contributed by atoms with E-state index in [1.807, 2.05) is 31.2 Å². The lowest BCUT2D eigenvalue weighted by Gasteiger charge is -2.21. The molecule has 0 fully saturated rings. The van der Waals surface area contributed by atoms with Crippen molar-refractivity contribution in [2.24, 2.45) is 0 Å². The van der Waals surface area contributed by atoms with Crippen LogP contribution in [0.1, 0.15) is 43.9 Å². The monoisotopic (exact) mass is 361 g/mol. The number of thioether (sulfide) groups is 1. The van der Waals surface area contributed by atoms with Crippen LogP contribution in [0.3, 0.4) is 0 Å². The summed E-state index contributed by atoms with van der Waals surface area (Å²) in [4.78, 5) is 13.8. The zero-order chi connectivity index (χ0) is 17.5. The van der Waals surface area contributed by atoms with E-state index in [0.29, 0.717) is 5.02 Å². The number of aryl methyl sites for hydroxylation is 1. The average Bonchev–Trinajstić information content (AvgIpc) is 2.59. The van der Waals surface area contributed by atoms with Crippen LogP contribution in [0.2, 0.25) is 5.02 Å². The molecule has 0 saturated heterocycles. The van der Waals surface area contributed by atoms with Gasteiger partial charge in [0.2, 0.25) is 5.91 Å². The molecule has 2 aromatic carbocycles. The Morgan fingerprint density at radius 1 is 1.04 bits per heavy atom. The molecule has 0 saturated carbocycles. The molecule has 0 spiro atoms. The number of amides is 1. The van der Waals surface area contributed by atoms with Gasteiger partial charge in [-0.05, 0) is 49.6 Å². The quantitative estimate of drug-likeness (QED) is 0.632. The molecule has 2 nitrogen and oxygen atoms in total. The standard InChI is InChI=1S/C20H24ClNOS/c1-4-18(15-8-6-14(3)7-9-15)22-20(23)19(5-2)24-17-12-10-16(21)11-13-17/h6-13,18-19H,4-5H2,1-3H3,(H,22,23)/t18-,19-/m0/s1. The van der Waals surface area contributed by atoms with Gasteiger partial charge in [0.05, 0.1) is 11.3 Å². The fourth-order valence-electron chi connectivity index (χ4n) is 2.48. The van der Waals surface area contributed by atoms with Gasteiger partial charge < -0.3 is 5.32 Å². The van der Waals surface area contributed by atoms with Crippen molar-refractivity contribution in [3.8, 4) is 0 Å². The zero-order valence-corrected chi connectivity index (χ0v) is 16.0. The molecule has 0 bridgehead atoms. The summed E-state index contributed by atoms with van der Waals surface area (Å²) in [6.07, 6.45) is 1.65. The first-order valence-corrected chi connectivity index (χ1v) is 9.58. The second kappa shape index (κ2) is 9.14. The minimum Gasteiger partial charge on any atom is -0.348 e. The molecule has 0 aliphatic heterocycles. The Kier molecular flexibility index (Phi) is 7.19. The Morgan fingerprint density at radius 2 is 1.67 bits per heavy atom. The SMILES string of the molecule is CC[C@H](Sc1ccc(Cl)cc1)C(=O)N[C@@H](CC)c1ccc(C)cc1. The Balaban J connectivity index is 2.04. The van der Waals surface area contributed by atoms with E-state index in [0.717, 1.165) is 23.3 Å². The first-order chi connectivity index (χ1) is 11.5. The molecule has 2 aromatic rings. The van der Waals surface area contributed by atoms with E-state index in [2.05, 4.69) is 43.4 Å². The smallest absolute Gasteiger partial charge is 0.233 e. The van der Waals surface area contributed by atoms with E-state index < -0.39 is 0 Å². The highest BCUT2D eigenvalue weighted by atomic mass is 35.5. The summed E-state index contributed by atoms with van der Waals surface area (Å²) in [7, 11) is 0. The first-order valence-electron chi connectivity index (χ1n) is 8.32. The van der Waals surface area contributed by atoms with Gasteiger partial charge in [-0.2, -0.15) is 0 Å². The normalized spacial score (nSPS) is 13.3. The maximum atomic E-state index is 12.7. The van der Waals surface area contributed by atoms with Gasteiger partial charge in [-0.15, -0.1) is 11.8 Å². The predicted octanol–water partition coefficient (Wildman–Crippen LogP) is 5.79. The number of nitrogens with one attached hydrogen (secondary N) is 1. The van der Waals surface area contributed by atoms with Crippen molar-refractivity contribution in [2.75, 3.05) is 0 Å². The minimum absolute atomic E-state index is 0.0537. The van der Waals surface area contributed by atoms with Gasteiger partial charge >= 0.3 is 0 Å². The van der Waals surface area contributed by atoms with Gasteiger partial charge in [-0.3, -0.25) is 4.79 Å². The first kappa shape index (κ1) is 18.9. The van der Waals surface area contributed by atoms with Gasteiger partial charge in [0.25, 0.3) is 0 Å². The van der Waals surface area contributed by atoms with Crippen LogP contribution in [-0.4, -0.2) is 11.2 Å². The van der Waals surface area contributed by atoms with Crippen LogP contribution in [0, 0.1) is 6.92 Å². The van der Waals surface area contributed by atoms with E-state index >= 15 is 0 Å². The number of hydrogen-bond acceptors (Lipinski definition) is 2. The molecular weight excluding hydrogens is 338 g/mol. The summed E-state index contributed by atoms with van der Waals surface area (Å²) in [6.45, 7) is 6.21. The molecule has 0 heterocycles. The molecule has 0 aliphatic carbocycles. The van der Waals surface area contributed by atoms with E-state index in [1.54, 1.807) is 11.8 Å². The highest BCUT2D eigenvalue weighted by Gasteiger charge is 2.21. The van der Waals surface area contributed by atoms with Crippen LogP contribution >= 0.6 is 23.4 Å². The topological polar surface area (TPSA) is 29.1 Å². The third-order valence-electron chi connectivity index (χ3n) is 3.96. The molecule has 0 radical (unpaired) electrons. The number of carbonyl (C=O) groups is 1. The summed E-state index contributed by atoms with van der Waals surface area (Å²) >= 11 is 7.51. The van der Waals surface area contributed by atoms with E-state index in [4.69, 9.17) is 11.6 Å². The Labute approximate surface area is 154 Å². The number of halogens is 1. The second-order valence-electron chi connectivity index (χ2n) is 5.85. The van der Waals surface area contributed by atoms with Crippen LogP contribution < -0.4 is 5.32 Å². The molecule has 1 amide bonds. The minimum atomic E-state index is -0.106. The summed E-state index contributed by atoms with van der Waals surface area (Å²) in [5.41, 5.74) is 2.38. The van der Waals surface area contributed by atoms with E-state index in [1.165, 1.54) is 5.56 Å². The Hall–Kier alpha value is -1.45. The van der Waals surface area contributed by atoms with Crippen molar-refractivity contribution < 1.29 is 4.79 Å². The van der Waals surface area contributed by atoms with Crippen LogP contribution in [0.4, 0.5) is 0 Å². The van der Waals surface area contributed by atoms with Crippen molar-refractivity contribution in [1.82, 2.24) is 5.32 Å². The van der Waals surface area contributed by atoms with Crippen LogP contribution in [0.25, 0.3) is 0 Å². The lowest BCUT2D eigenvalue weighted by atomic mass is 10.0. The number of hydrogen-bond donors (Lipinski definition) is 1. The largest absolute Gasteiger partial charge is 0.348 e. The summed E-state index contributed by atoms with van der Waals surface area (Å²) in [5, 5.41) is 3.80. The number of rotatable bonds is 7. The predicted molar refractivity (Wildman–Crippen MR) is 104 cm³/mol. The lowest BCUT2D eigenvalue weighted by molar-refractivity contribution is -0.121. The summed E-state index contributed by atoms with van der Waals surface area (Å²) in [6, 6.07) is 16.0. The van der Waals surface area contributed by atoms with Crippen molar-refractivity contribution >= 4 is 29.3 Å². The molecule has 0 aromatic heterocycles. The van der Waals surface area contributed by atoms with Gasteiger partial charge in [-0.25, -0.2) is 0 Å². The Bertz CT molecular complexity index is 654. The summed E-state index contributed by atoms with van der Waals surface area (Å²) in [5.74, 6) is 0.0878. The number of benzene rings is 2. The fourth-order valence-corrected chi connectivity index (χ4v) is 3.57. The highest BCUT2D eigenvalue weighted by molar-refractivity contribution is 8.00. The molecule has 2 rings (SSSR count). The third-order valence-corrected chi connectivity index (χ3v) is 5.59. The summed E-state index contributed by atoms with van der Waals surface area (Å²) < 4.78 is 0. The fraction of sp³-hybridized carbons (Fsp3) is 0.350. The maximum absolute atomic E-state index is 12.7. The Morgan fingerprint density at radius 3 is 2.21 bits per heavy atom. The highest BCUT2D eigenvalue weighted by Crippen LogP contribution is 2.28. The van der Waals surface area contributed by atoms with E-state index in [-0.39, 0.29) is 17.2 Å². The number of carbonyl (C=O) groups excluding carboxylic acids is 1. The molecule has 24 heavy (non-hydrogen) atoms. The molecule has 1 N–H and O–H groups in total. The van der Waals surface area contributed by atoms with Crippen LogP contribution in [-0.2, 0) is 4.79 Å². The average molecular weight is 362 g/mol. The van der Waals surface area contributed by atoms with Crippen molar-refractivity contribution in [3.05, 3.63) is 64.7 Å². The maximum Gasteiger partial charge on any atom is 0.233 e. The van der Waals surface area contributed by atoms with Crippen molar-refractivity contribution in [1.29, 1.82) is 0 Å². The van der Waals surface area contributed by atoms with E-state index in [9.17, 15) is 4.79 Å². The molecule has 0 unspecified atom stereocenters. The van der Waals surface area contributed by atoms with Crippen LogP contribution in [0.15, 0.2) is 53.4 Å². The van der Waals surface area contributed by atoms with Gasteiger partial charge in [-0.1, -0.05) is 55.3 Å². The molecular formula is C20H24ClNOS. The van der Waals surface area contributed by atoms with Crippen molar-refractivity contribution in [3.63, 3.8) is 0 Å². The third kappa shape index (κ3) is 5.29. The van der Waals surface area contributed by atoms with Gasteiger partial charge in [0.15, 0.2) is 0 Å². The van der Waals surface area contributed by atoms with Gasteiger partial charge in [0.1, 0.15) is 0 Å². The van der Waals surface area contributed by atoms with Gasteiger partial charge in [0, 0.05) is 9.92 Å².